The van der Waals surface area contributed by atoms with Crippen LogP contribution in [0.25, 0.3) is 0 Å². The third-order valence-electron chi connectivity index (χ3n) is 3.87. The number of carbonyl (C=O) groups excluding carboxylic acids is 1. The first-order valence-corrected chi connectivity index (χ1v) is 9.06. The number of carbonyl (C=O) groups is 1. The van der Waals surface area contributed by atoms with Crippen molar-refractivity contribution >= 4 is 33.3 Å². The molecule has 0 atom stereocenters. The number of nitrogens with zero attached hydrogens (tertiary/aromatic N) is 1. The Morgan fingerprint density at radius 2 is 1.62 bits per heavy atom. The molecular weight excluding hydrogens is 366 g/mol. The molecule has 128 valence electrons. The van der Waals surface area contributed by atoms with Gasteiger partial charge in [0.1, 0.15) is 0 Å². The Hall–Kier alpha value is -2.01. The monoisotopic (exact) mass is 389 g/mol. The summed E-state index contributed by atoms with van der Waals surface area (Å²) >= 11 is 3.41. The van der Waals surface area contributed by atoms with Crippen molar-refractivity contribution in [3.63, 3.8) is 0 Å². The zero-order chi connectivity index (χ0) is 17.4. The largest absolute Gasteiger partial charge is 0.372 e. The minimum atomic E-state index is -0.178. The number of hydrogen-bond acceptors (Lipinski definition) is 2. The molecule has 2 aromatic carbocycles. The number of amides is 2. The first-order valence-electron chi connectivity index (χ1n) is 8.26. The number of benzene rings is 2. The Bertz CT molecular complexity index is 637. The highest BCUT2D eigenvalue weighted by atomic mass is 79.9. The van der Waals surface area contributed by atoms with Gasteiger partial charge in [-0.3, -0.25) is 0 Å². The minimum absolute atomic E-state index is 0.178. The van der Waals surface area contributed by atoms with Gasteiger partial charge in [-0.05, 0) is 62.2 Å². The molecule has 24 heavy (non-hydrogen) atoms. The number of urea groups is 1. The third kappa shape index (κ3) is 5.57. The molecule has 2 N–H and O–H groups in total. The second-order valence-electron chi connectivity index (χ2n) is 5.48. The molecule has 2 aromatic rings. The smallest absolute Gasteiger partial charge is 0.319 e. The lowest BCUT2D eigenvalue weighted by Crippen LogP contribution is -2.30. The summed E-state index contributed by atoms with van der Waals surface area (Å²) in [5.74, 6) is 0. The van der Waals surface area contributed by atoms with Crippen LogP contribution in [-0.2, 0) is 6.42 Å². The molecule has 0 saturated heterocycles. The maximum absolute atomic E-state index is 11.9. The fraction of sp³-hybridized carbons (Fsp3) is 0.316. The molecule has 0 fully saturated rings. The van der Waals surface area contributed by atoms with E-state index in [1.54, 1.807) is 0 Å². The van der Waals surface area contributed by atoms with Gasteiger partial charge in [0.25, 0.3) is 0 Å². The first-order chi connectivity index (χ1) is 11.6. The second kappa shape index (κ2) is 9.33. The molecule has 0 aromatic heterocycles. The lowest BCUT2D eigenvalue weighted by Gasteiger charge is -2.21. The van der Waals surface area contributed by atoms with Gasteiger partial charge in [0.15, 0.2) is 0 Å². The maximum Gasteiger partial charge on any atom is 0.319 e. The molecule has 2 amide bonds. The van der Waals surface area contributed by atoms with Crippen molar-refractivity contribution in [2.75, 3.05) is 29.9 Å². The highest BCUT2D eigenvalue weighted by Crippen LogP contribution is 2.17. The predicted octanol–water partition coefficient (Wildman–Crippen LogP) is 4.66. The summed E-state index contributed by atoms with van der Waals surface area (Å²) in [5, 5.41) is 5.75. The van der Waals surface area contributed by atoms with Crippen molar-refractivity contribution in [2.24, 2.45) is 0 Å². The Labute approximate surface area is 152 Å². The van der Waals surface area contributed by atoms with Crippen LogP contribution in [0.2, 0.25) is 0 Å². The molecule has 0 radical (unpaired) electrons. The fourth-order valence-corrected chi connectivity index (χ4v) is 2.76. The molecule has 0 bridgehead atoms. The molecular formula is C19H24BrN3O. The number of anilines is 2. The average molecular weight is 390 g/mol. The van der Waals surface area contributed by atoms with Crippen molar-refractivity contribution in [3.05, 3.63) is 58.6 Å². The van der Waals surface area contributed by atoms with Crippen LogP contribution in [0, 0.1) is 0 Å². The Kier molecular flexibility index (Phi) is 7.12. The van der Waals surface area contributed by atoms with Crippen LogP contribution in [0.4, 0.5) is 16.2 Å². The van der Waals surface area contributed by atoms with E-state index in [1.807, 2.05) is 36.4 Å². The summed E-state index contributed by atoms with van der Waals surface area (Å²) in [7, 11) is 0. The number of hydrogen-bond donors (Lipinski definition) is 2. The van der Waals surface area contributed by atoms with Gasteiger partial charge in [0.2, 0.25) is 0 Å². The Balaban J connectivity index is 1.78. The average Bonchev–Trinajstić information content (AvgIpc) is 2.59. The van der Waals surface area contributed by atoms with Gasteiger partial charge < -0.3 is 15.5 Å². The standard InChI is InChI=1S/C19H24BrN3O/c1-3-23(4-2)18-11-9-17(10-12-18)22-19(24)21-14-13-15-5-7-16(20)8-6-15/h5-12H,3-4,13-14H2,1-2H3,(H2,21,22,24). The summed E-state index contributed by atoms with van der Waals surface area (Å²) in [4.78, 5) is 14.2. The van der Waals surface area contributed by atoms with E-state index in [2.05, 4.69) is 57.4 Å². The third-order valence-corrected chi connectivity index (χ3v) is 4.39. The molecule has 0 aliphatic rings. The normalized spacial score (nSPS) is 10.3. The summed E-state index contributed by atoms with van der Waals surface area (Å²) < 4.78 is 1.06. The zero-order valence-electron chi connectivity index (χ0n) is 14.2. The van der Waals surface area contributed by atoms with E-state index < -0.39 is 0 Å². The van der Waals surface area contributed by atoms with E-state index in [-0.39, 0.29) is 6.03 Å². The molecule has 5 heteroatoms. The van der Waals surface area contributed by atoms with E-state index in [1.165, 1.54) is 11.3 Å². The van der Waals surface area contributed by atoms with Crippen LogP contribution in [0.15, 0.2) is 53.0 Å². The summed E-state index contributed by atoms with van der Waals surface area (Å²) in [6.45, 7) is 6.81. The Morgan fingerprint density at radius 1 is 1.00 bits per heavy atom. The van der Waals surface area contributed by atoms with E-state index >= 15 is 0 Å². The van der Waals surface area contributed by atoms with Crippen molar-refractivity contribution in [2.45, 2.75) is 20.3 Å². The Morgan fingerprint density at radius 3 is 2.21 bits per heavy atom. The van der Waals surface area contributed by atoms with E-state index in [4.69, 9.17) is 0 Å². The van der Waals surface area contributed by atoms with Gasteiger partial charge >= 0.3 is 6.03 Å². The van der Waals surface area contributed by atoms with E-state index in [0.717, 1.165) is 29.7 Å². The highest BCUT2D eigenvalue weighted by molar-refractivity contribution is 9.10. The van der Waals surface area contributed by atoms with Crippen molar-refractivity contribution in [1.82, 2.24) is 5.32 Å². The lowest BCUT2D eigenvalue weighted by molar-refractivity contribution is 0.252. The van der Waals surface area contributed by atoms with Gasteiger partial charge in [-0.2, -0.15) is 0 Å². The van der Waals surface area contributed by atoms with Gasteiger partial charge in [-0.25, -0.2) is 4.79 Å². The van der Waals surface area contributed by atoms with Crippen LogP contribution >= 0.6 is 15.9 Å². The highest BCUT2D eigenvalue weighted by Gasteiger charge is 2.04. The second-order valence-corrected chi connectivity index (χ2v) is 6.39. The first kappa shape index (κ1) is 18.3. The maximum atomic E-state index is 11.9. The summed E-state index contributed by atoms with van der Waals surface area (Å²) in [6.07, 6.45) is 0.807. The van der Waals surface area contributed by atoms with Crippen molar-refractivity contribution in [3.8, 4) is 0 Å². The van der Waals surface area contributed by atoms with Gasteiger partial charge in [-0.1, -0.05) is 28.1 Å². The lowest BCUT2D eigenvalue weighted by atomic mass is 10.1. The summed E-state index contributed by atoms with van der Waals surface area (Å²) in [5.41, 5.74) is 3.16. The number of nitrogens with one attached hydrogen (secondary N) is 2. The molecule has 0 spiro atoms. The van der Waals surface area contributed by atoms with Crippen LogP contribution in [0.3, 0.4) is 0 Å². The van der Waals surface area contributed by atoms with Crippen molar-refractivity contribution in [1.29, 1.82) is 0 Å². The zero-order valence-corrected chi connectivity index (χ0v) is 15.8. The molecule has 0 saturated carbocycles. The molecule has 0 aliphatic carbocycles. The minimum Gasteiger partial charge on any atom is -0.372 e. The van der Waals surface area contributed by atoms with Crippen molar-refractivity contribution < 1.29 is 4.79 Å². The predicted molar refractivity (Wildman–Crippen MR) is 105 cm³/mol. The summed E-state index contributed by atoms with van der Waals surface area (Å²) in [6, 6.07) is 15.9. The van der Waals surface area contributed by atoms with Crippen LogP contribution in [0.1, 0.15) is 19.4 Å². The van der Waals surface area contributed by atoms with E-state index in [0.29, 0.717) is 6.54 Å². The molecule has 0 unspecified atom stereocenters. The van der Waals surface area contributed by atoms with Crippen LogP contribution in [-0.4, -0.2) is 25.7 Å². The van der Waals surface area contributed by atoms with Crippen LogP contribution < -0.4 is 15.5 Å². The molecule has 4 nitrogen and oxygen atoms in total. The SMILES string of the molecule is CCN(CC)c1ccc(NC(=O)NCCc2ccc(Br)cc2)cc1. The molecule has 0 aliphatic heterocycles. The fourth-order valence-electron chi connectivity index (χ4n) is 2.49. The van der Waals surface area contributed by atoms with Gasteiger partial charge in [0, 0.05) is 35.5 Å². The number of halogens is 1. The number of rotatable bonds is 7. The molecule has 2 rings (SSSR count). The molecule has 0 heterocycles. The van der Waals surface area contributed by atoms with Gasteiger partial charge in [-0.15, -0.1) is 0 Å². The topological polar surface area (TPSA) is 44.4 Å². The quantitative estimate of drug-likeness (QED) is 0.722. The van der Waals surface area contributed by atoms with Crippen LogP contribution in [0.5, 0.6) is 0 Å². The van der Waals surface area contributed by atoms with E-state index in [9.17, 15) is 4.79 Å². The van der Waals surface area contributed by atoms with Gasteiger partial charge in [0.05, 0.1) is 0 Å².